The molecule has 0 saturated carbocycles. The SMILES string of the molecule is CC(C)(C)OC(=O)N1CCOCC1C(N)C1=CCCCCCC1. The Morgan fingerprint density at radius 3 is 2.83 bits per heavy atom. The van der Waals surface area contributed by atoms with Gasteiger partial charge in [-0.25, -0.2) is 4.79 Å². The van der Waals surface area contributed by atoms with E-state index >= 15 is 0 Å². The number of carbonyl (C=O) groups excluding carboxylic acids is 1. The first kappa shape index (κ1) is 18.3. The molecule has 2 unspecified atom stereocenters. The Kier molecular flexibility index (Phi) is 6.48. The maximum absolute atomic E-state index is 12.5. The fourth-order valence-corrected chi connectivity index (χ4v) is 3.23. The molecular formula is C18H32N2O3. The summed E-state index contributed by atoms with van der Waals surface area (Å²) in [6.45, 7) is 7.23. The Labute approximate surface area is 140 Å². The van der Waals surface area contributed by atoms with Gasteiger partial charge in [0.15, 0.2) is 0 Å². The van der Waals surface area contributed by atoms with Gasteiger partial charge in [0.2, 0.25) is 0 Å². The molecule has 0 spiro atoms. The lowest BCUT2D eigenvalue weighted by Gasteiger charge is -2.40. The number of morpholine rings is 1. The molecule has 1 fully saturated rings. The summed E-state index contributed by atoms with van der Waals surface area (Å²) >= 11 is 0. The number of ether oxygens (including phenoxy) is 2. The highest BCUT2D eigenvalue weighted by atomic mass is 16.6. The molecule has 2 rings (SSSR count). The minimum absolute atomic E-state index is 0.135. The van der Waals surface area contributed by atoms with Gasteiger partial charge >= 0.3 is 6.09 Å². The maximum Gasteiger partial charge on any atom is 0.410 e. The number of rotatable bonds is 2. The third-order valence-electron chi connectivity index (χ3n) is 4.46. The Hall–Kier alpha value is -1.07. The second kappa shape index (κ2) is 8.15. The normalized spacial score (nSPS) is 25.1. The third kappa shape index (κ3) is 5.50. The molecule has 1 heterocycles. The summed E-state index contributed by atoms with van der Waals surface area (Å²) in [5.74, 6) is 0. The quantitative estimate of drug-likeness (QED) is 0.792. The van der Waals surface area contributed by atoms with Crippen molar-refractivity contribution in [1.82, 2.24) is 4.90 Å². The number of amides is 1. The van der Waals surface area contributed by atoms with E-state index in [4.69, 9.17) is 15.2 Å². The number of hydrogen-bond donors (Lipinski definition) is 1. The highest BCUT2D eigenvalue weighted by molar-refractivity contribution is 5.69. The standard InChI is InChI=1S/C18H32N2O3/c1-18(2,3)23-17(21)20-11-12-22-13-15(20)16(19)14-9-7-5-4-6-8-10-14/h9,15-16H,4-8,10-13,19H2,1-3H3. The van der Waals surface area contributed by atoms with Crippen molar-refractivity contribution in [3.05, 3.63) is 11.6 Å². The molecule has 1 amide bonds. The average molecular weight is 324 g/mol. The number of nitrogens with two attached hydrogens (primary N) is 1. The predicted octanol–water partition coefficient (Wildman–Crippen LogP) is 3.23. The molecule has 0 aromatic carbocycles. The zero-order chi connectivity index (χ0) is 16.9. The van der Waals surface area contributed by atoms with E-state index in [1.54, 1.807) is 4.90 Å². The van der Waals surface area contributed by atoms with Gasteiger partial charge in [-0.1, -0.05) is 24.5 Å². The van der Waals surface area contributed by atoms with Gasteiger partial charge in [0, 0.05) is 12.6 Å². The molecule has 2 N–H and O–H groups in total. The van der Waals surface area contributed by atoms with Crippen molar-refractivity contribution in [3.63, 3.8) is 0 Å². The molecule has 5 nitrogen and oxygen atoms in total. The number of nitrogens with zero attached hydrogens (tertiary/aromatic N) is 1. The third-order valence-corrected chi connectivity index (χ3v) is 4.46. The van der Waals surface area contributed by atoms with Crippen LogP contribution < -0.4 is 5.73 Å². The second-order valence-corrected chi connectivity index (χ2v) is 7.57. The summed E-state index contributed by atoms with van der Waals surface area (Å²) in [5, 5.41) is 0. The first-order chi connectivity index (χ1) is 10.9. The molecule has 23 heavy (non-hydrogen) atoms. The Balaban J connectivity index is 2.08. The van der Waals surface area contributed by atoms with Crippen molar-refractivity contribution < 1.29 is 14.3 Å². The summed E-state index contributed by atoms with van der Waals surface area (Å²) in [7, 11) is 0. The van der Waals surface area contributed by atoms with Gasteiger partial charge in [-0.3, -0.25) is 4.90 Å². The highest BCUT2D eigenvalue weighted by Gasteiger charge is 2.35. The molecule has 1 aliphatic heterocycles. The van der Waals surface area contributed by atoms with Gasteiger partial charge in [0.05, 0.1) is 19.3 Å². The first-order valence-electron chi connectivity index (χ1n) is 8.90. The zero-order valence-corrected chi connectivity index (χ0v) is 14.8. The summed E-state index contributed by atoms with van der Waals surface area (Å²) in [4.78, 5) is 14.3. The van der Waals surface area contributed by atoms with Crippen molar-refractivity contribution in [2.24, 2.45) is 5.73 Å². The fourth-order valence-electron chi connectivity index (χ4n) is 3.23. The molecule has 0 aromatic heterocycles. The van der Waals surface area contributed by atoms with E-state index in [1.165, 1.54) is 31.3 Å². The number of allylic oxidation sites excluding steroid dienone is 1. The molecular weight excluding hydrogens is 292 g/mol. The first-order valence-corrected chi connectivity index (χ1v) is 8.90. The van der Waals surface area contributed by atoms with Gasteiger partial charge in [-0.05, 0) is 46.5 Å². The van der Waals surface area contributed by atoms with Gasteiger partial charge in [0.25, 0.3) is 0 Å². The van der Waals surface area contributed by atoms with Crippen LogP contribution in [0.2, 0.25) is 0 Å². The van der Waals surface area contributed by atoms with E-state index < -0.39 is 5.60 Å². The van der Waals surface area contributed by atoms with E-state index in [9.17, 15) is 4.79 Å². The van der Waals surface area contributed by atoms with E-state index in [0.717, 1.165) is 12.8 Å². The van der Waals surface area contributed by atoms with Crippen LogP contribution in [0.4, 0.5) is 4.79 Å². The van der Waals surface area contributed by atoms with Gasteiger partial charge < -0.3 is 15.2 Å². The number of hydrogen-bond acceptors (Lipinski definition) is 4. The van der Waals surface area contributed by atoms with Crippen molar-refractivity contribution in [2.75, 3.05) is 19.8 Å². The van der Waals surface area contributed by atoms with Crippen LogP contribution in [0.25, 0.3) is 0 Å². The van der Waals surface area contributed by atoms with Crippen LogP contribution in [-0.2, 0) is 9.47 Å². The van der Waals surface area contributed by atoms with Crippen LogP contribution in [0.15, 0.2) is 11.6 Å². The fraction of sp³-hybridized carbons (Fsp3) is 0.833. The van der Waals surface area contributed by atoms with Crippen molar-refractivity contribution in [2.45, 2.75) is 77.0 Å². The minimum atomic E-state index is -0.496. The molecule has 1 saturated heterocycles. The molecule has 1 aliphatic carbocycles. The molecule has 5 heteroatoms. The molecule has 2 aliphatic rings. The van der Waals surface area contributed by atoms with E-state index in [2.05, 4.69) is 6.08 Å². The largest absolute Gasteiger partial charge is 0.444 e. The van der Waals surface area contributed by atoms with Crippen molar-refractivity contribution >= 4 is 6.09 Å². The lowest BCUT2D eigenvalue weighted by Crippen LogP contribution is -2.58. The average Bonchev–Trinajstić information content (AvgIpc) is 2.44. The monoisotopic (exact) mass is 324 g/mol. The van der Waals surface area contributed by atoms with E-state index in [1.807, 2.05) is 20.8 Å². The van der Waals surface area contributed by atoms with Crippen molar-refractivity contribution in [1.29, 1.82) is 0 Å². The van der Waals surface area contributed by atoms with Crippen LogP contribution >= 0.6 is 0 Å². The van der Waals surface area contributed by atoms with Crippen LogP contribution in [0.3, 0.4) is 0 Å². The Morgan fingerprint density at radius 1 is 1.35 bits per heavy atom. The lowest BCUT2D eigenvalue weighted by molar-refractivity contribution is -0.0356. The van der Waals surface area contributed by atoms with E-state index in [-0.39, 0.29) is 18.2 Å². The summed E-state index contributed by atoms with van der Waals surface area (Å²) in [5.41, 5.74) is 7.31. The summed E-state index contributed by atoms with van der Waals surface area (Å²) in [6.07, 6.45) is 9.09. The Bertz CT molecular complexity index is 428. The molecule has 0 radical (unpaired) electrons. The second-order valence-electron chi connectivity index (χ2n) is 7.57. The lowest BCUT2D eigenvalue weighted by atomic mass is 9.91. The molecule has 0 aromatic rings. The van der Waals surface area contributed by atoms with Crippen LogP contribution in [0.5, 0.6) is 0 Å². The Morgan fingerprint density at radius 2 is 2.09 bits per heavy atom. The highest BCUT2D eigenvalue weighted by Crippen LogP contribution is 2.24. The predicted molar refractivity (Wildman–Crippen MR) is 91.3 cm³/mol. The molecule has 2 atom stereocenters. The van der Waals surface area contributed by atoms with Crippen molar-refractivity contribution in [3.8, 4) is 0 Å². The molecule has 0 bridgehead atoms. The van der Waals surface area contributed by atoms with Crippen LogP contribution in [0, 0.1) is 0 Å². The van der Waals surface area contributed by atoms with Gasteiger partial charge in [0.1, 0.15) is 5.60 Å². The van der Waals surface area contributed by atoms with Gasteiger partial charge in [-0.15, -0.1) is 0 Å². The zero-order valence-electron chi connectivity index (χ0n) is 14.8. The molecule has 132 valence electrons. The van der Waals surface area contributed by atoms with Crippen LogP contribution in [-0.4, -0.2) is 48.4 Å². The van der Waals surface area contributed by atoms with Crippen LogP contribution in [0.1, 0.15) is 59.3 Å². The maximum atomic E-state index is 12.5. The number of carbonyl (C=O) groups is 1. The van der Waals surface area contributed by atoms with Gasteiger partial charge in [-0.2, -0.15) is 0 Å². The minimum Gasteiger partial charge on any atom is -0.444 e. The van der Waals surface area contributed by atoms with E-state index in [0.29, 0.717) is 19.8 Å². The smallest absolute Gasteiger partial charge is 0.410 e. The summed E-state index contributed by atoms with van der Waals surface area (Å²) in [6, 6.07) is -0.301. The topological polar surface area (TPSA) is 64.8 Å². The summed E-state index contributed by atoms with van der Waals surface area (Å²) < 4.78 is 11.1.